The molecule has 0 unspecified atom stereocenters. The van der Waals surface area contributed by atoms with Crippen molar-refractivity contribution in [1.82, 2.24) is 10.2 Å². The summed E-state index contributed by atoms with van der Waals surface area (Å²) in [7, 11) is 0.0707. The lowest BCUT2D eigenvalue weighted by atomic mass is 10.0. The van der Waals surface area contributed by atoms with E-state index in [-0.39, 0.29) is 29.3 Å². The van der Waals surface area contributed by atoms with Crippen LogP contribution >= 0.6 is 23.2 Å². The van der Waals surface area contributed by atoms with Crippen LogP contribution in [0.15, 0.2) is 102 Å². The Labute approximate surface area is 273 Å². The van der Waals surface area contributed by atoms with Crippen LogP contribution in [0.3, 0.4) is 0 Å². The van der Waals surface area contributed by atoms with Crippen molar-refractivity contribution in [2.24, 2.45) is 0 Å². The standard InChI is InChI=1S/C33H33Cl2N3O6S/c1-36-33(40)29(19-23-11-6-4-7-12-23)37(21-26-27(34)15-10-16-28(26)35)32(39)22-38(45(41,42)25-13-8-5-9-14-25)24-17-18-30(43-2)31(20-24)44-3/h4-18,20,29H,19,21-22H2,1-3H3,(H,36,40)/t29-/m1/s1. The van der Waals surface area contributed by atoms with E-state index in [1.807, 2.05) is 30.3 Å². The van der Waals surface area contributed by atoms with E-state index in [4.69, 9.17) is 32.7 Å². The van der Waals surface area contributed by atoms with Crippen LogP contribution in [-0.2, 0) is 32.6 Å². The highest BCUT2D eigenvalue weighted by Crippen LogP contribution is 2.34. The average Bonchev–Trinajstić information content (AvgIpc) is 3.06. The van der Waals surface area contributed by atoms with Crippen molar-refractivity contribution in [2.45, 2.75) is 23.9 Å². The summed E-state index contributed by atoms with van der Waals surface area (Å²) in [5, 5.41) is 3.23. The van der Waals surface area contributed by atoms with E-state index in [2.05, 4.69) is 5.32 Å². The van der Waals surface area contributed by atoms with Crippen molar-refractivity contribution in [1.29, 1.82) is 0 Å². The van der Waals surface area contributed by atoms with Crippen LogP contribution < -0.4 is 19.1 Å². The minimum atomic E-state index is -4.29. The molecule has 0 radical (unpaired) electrons. The van der Waals surface area contributed by atoms with Crippen LogP contribution in [0.1, 0.15) is 11.1 Å². The molecule has 2 amide bonds. The Morgan fingerprint density at radius 3 is 2.00 bits per heavy atom. The van der Waals surface area contributed by atoms with Gasteiger partial charge < -0.3 is 19.7 Å². The predicted octanol–water partition coefficient (Wildman–Crippen LogP) is 5.59. The zero-order chi connectivity index (χ0) is 32.6. The number of carbonyl (C=O) groups excluding carboxylic acids is 2. The number of nitrogens with zero attached hydrogens (tertiary/aromatic N) is 2. The topological polar surface area (TPSA) is 105 Å². The fraction of sp³-hybridized carbons (Fsp3) is 0.212. The van der Waals surface area contributed by atoms with E-state index >= 15 is 0 Å². The van der Waals surface area contributed by atoms with Gasteiger partial charge in [0.15, 0.2) is 11.5 Å². The van der Waals surface area contributed by atoms with Gasteiger partial charge in [-0.3, -0.25) is 13.9 Å². The SMILES string of the molecule is CNC(=O)[C@@H](Cc1ccccc1)N(Cc1c(Cl)cccc1Cl)C(=O)CN(c1ccc(OC)c(OC)c1)S(=O)(=O)c1ccccc1. The maximum absolute atomic E-state index is 14.5. The van der Waals surface area contributed by atoms with E-state index in [9.17, 15) is 18.0 Å². The number of ether oxygens (including phenoxy) is 2. The van der Waals surface area contributed by atoms with Crippen LogP contribution in [0.4, 0.5) is 5.69 Å². The molecule has 0 heterocycles. The Balaban J connectivity index is 1.85. The second-order valence-corrected chi connectivity index (χ2v) is 12.6. The molecule has 0 aliphatic rings. The second kappa shape index (κ2) is 15.2. The van der Waals surface area contributed by atoms with Crippen LogP contribution in [0.25, 0.3) is 0 Å². The van der Waals surface area contributed by atoms with E-state index in [0.29, 0.717) is 21.4 Å². The Bertz CT molecular complexity index is 1720. The zero-order valence-corrected chi connectivity index (χ0v) is 27.3. The molecular formula is C33H33Cl2N3O6S. The largest absolute Gasteiger partial charge is 0.493 e. The third kappa shape index (κ3) is 7.89. The maximum atomic E-state index is 14.5. The summed E-state index contributed by atoms with van der Waals surface area (Å²) in [6.07, 6.45) is 0.149. The average molecular weight is 671 g/mol. The van der Waals surface area contributed by atoms with Gasteiger partial charge in [-0.2, -0.15) is 0 Å². The monoisotopic (exact) mass is 669 g/mol. The summed E-state index contributed by atoms with van der Waals surface area (Å²) in [6, 6.07) is 25.4. The summed E-state index contributed by atoms with van der Waals surface area (Å²) >= 11 is 13.0. The number of rotatable bonds is 13. The minimum Gasteiger partial charge on any atom is -0.493 e. The van der Waals surface area contributed by atoms with Gasteiger partial charge in [-0.25, -0.2) is 8.42 Å². The van der Waals surface area contributed by atoms with Crippen molar-refractivity contribution in [3.63, 3.8) is 0 Å². The van der Waals surface area contributed by atoms with Crippen molar-refractivity contribution >= 4 is 50.7 Å². The summed E-state index contributed by atoms with van der Waals surface area (Å²) < 4.78 is 40.0. The molecule has 45 heavy (non-hydrogen) atoms. The molecule has 0 saturated heterocycles. The predicted molar refractivity (Wildman–Crippen MR) is 176 cm³/mol. The molecule has 4 aromatic carbocycles. The maximum Gasteiger partial charge on any atom is 0.264 e. The summed E-state index contributed by atoms with van der Waals surface area (Å²) in [5.74, 6) is -0.464. The number of nitrogens with one attached hydrogen (secondary N) is 1. The number of benzene rings is 4. The molecule has 4 rings (SSSR count). The van der Waals surface area contributed by atoms with Gasteiger partial charge in [-0.05, 0) is 42.0 Å². The van der Waals surface area contributed by atoms with E-state index in [1.165, 1.54) is 50.4 Å². The number of carbonyl (C=O) groups is 2. The quantitative estimate of drug-likeness (QED) is 0.199. The number of sulfonamides is 1. The highest BCUT2D eigenvalue weighted by Gasteiger charge is 2.35. The molecular weight excluding hydrogens is 637 g/mol. The fourth-order valence-corrected chi connectivity index (χ4v) is 6.75. The first-order valence-electron chi connectivity index (χ1n) is 13.9. The van der Waals surface area contributed by atoms with Gasteiger partial charge >= 0.3 is 0 Å². The minimum absolute atomic E-state index is 0.0274. The van der Waals surface area contributed by atoms with E-state index < -0.39 is 34.4 Å². The molecule has 236 valence electrons. The Kier molecular flexibility index (Phi) is 11.3. The molecule has 0 fully saturated rings. The Hall–Kier alpha value is -4.25. The lowest BCUT2D eigenvalue weighted by Gasteiger charge is -2.34. The summed E-state index contributed by atoms with van der Waals surface area (Å²) in [4.78, 5) is 29.2. The van der Waals surface area contributed by atoms with Crippen molar-refractivity contribution < 1.29 is 27.5 Å². The first-order valence-corrected chi connectivity index (χ1v) is 16.1. The molecule has 4 aromatic rings. The number of hydrogen-bond acceptors (Lipinski definition) is 6. The molecule has 0 saturated carbocycles. The number of methoxy groups -OCH3 is 2. The summed E-state index contributed by atoms with van der Waals surface area (Å²) in [6.45, 7) is -0.815. The first-order chi connectivity index (χ1) is 21.6. The molecule has 1 atom stereocenters. The number of hydrogen-bond donors (Lipinski definition) is 1. The number of halogens is 2. The number of anilines is 1. The van der Waals surface area contributed by atoms with Crippen LogP contribution in [0, 0.1) is 0 Å². The smallest absolute Gasteiger partial charge is 0.264 e. The van der Waals surface area contributed by atoms with Gasteiger partial charge in [0, 0.05) is 41.7 Å². The molecule has 9 nitrogen and oxygen atoms in total. The third-order valence-electron chi connectivity index (χ3n) is 7.17. The van der Waals surface area contributed by atoms with Gasteiger partial charge in [0.25, 0.3) is 10.0 Å². The van der Waals surface area contributed by atoms with Gasteiger partial charge in [-0.15, -0.1) is 0 Å². The summed E-state index contributed by atoms with van der Waals surface area (Å²) in [5.41, 5.74) is 1.36. The number of likely N-dealkylation sites (N-methyl/N-ethyl adjacent to an activating group) is 1. The molecule has 0 aromatic heterocycles. The molecule has 0 bridgehead atoms. The van der Waals surface area contributed by atoms with Gasteiger partial charge in [-0.1, -0.05) is 77.8 Å². The molecule has 0 spiro atoms. The normalized spacial score (nSPS) is 11.8. The third-order valence-corrected chi connectivity index (χ3v) is 9.67. The second-order valence-electron chi connectivity index (χ2n) is 9.91. The van der Waals surface area contributed by atoms with Crippen LogP contribution in [-0.4, -0.2) is 59.0 Å². The molecule has 0 aliphatic heterocycles. The first kappa shape index (κ1) is 33.6. The highest BCUT2D eigenvalue weighted by molar-refractivity contribution is 7.92. The van der Waals surface area contributed by atoms with Crippen LogP contribution in [0.2, 0.25) is 10.0 Å². The number of amides is 2. The van der Waals surface area contributed by atoms with Gasteiger partial charge in [0.1, 0.15) is 12.6 Å². The zero-order valence-electron chi connectivity index (χ0n) is 24.9. The fourth-order valence-electron chi connectivity index (χ4n) is 4.80. The lowest BCUT2D eigenvalue weighted by molar-refractivity contribution is -0.139. The van der Waals surface area contributed by atoms with Crippen molar-refractivity contribution in [2.75, 3.05) is 32.1 Å². The van der Waals surface area contributed by atoms with E-state index in [0.717, 1.165) is 9.87 Å². The molecule has 0 aliphatic carbocycles. The van der Waals surface area contributed by atoms with Gasteiger partial charge in [0.2, 0.25) is 11.8 Å². The van der Waals surface area contributed by atoms with E-state index in [1.54, 1.807) is 42.5 Å². The lowest BCUT2D eigenvalue weighted by Crippen LogP contribution is -2.53. The molecule has 12 heteroatoms. The van der Waals surface area contributed by atoms with Gasteiger partial charge in [0.05, 0.1) is 24.8 Å². The molecule has 1 N–H and O–H groups in total. The van der Waals surface area contributed by atoms with Crippen molar-refractivity contribution in [3.05, 3.63) is 118 Å². The van der Waals surface area contributed by atoms with Crippen LogP contribution in [0.5, 0.6) is 11.5 Å². The van der Waals surface area contributed by atoms with Crippen molar-refractivity contribution in [3.8, 4) is 11.5 Å². The Morgan fingerprint density at radius 1 is 0.822 bits per heavy atom. The highest BCUT2D eigenvalue weighted by atomic mass is 35.5. The Morgan fingerprint density at radius 2 is 1.42 bits per heavy atom.